The summed E-state index contributed by atoms with van der Waals surface area (Å²) in [6.45, 7) is 4.99. The van der Waals surface area contributed by atoms with Crippen molar-refractivity contribution < 1.29 is 24.5 Å². The van der Waals surface area contributed by atoms with E-state index in [4.69, 9.17) is 4.74 Å². The number of nitrogens with one attached hydrogen (secondary N) is 1. The number of aliphatic hydroxyl groups excluding tert-OH is 2. The largest absolute Gasteiger partial charge is 0.466 e. The smallest absolute Gasteiger partial charge is 0.305 e. The maximum atomic E-state index is 12.5. The molecule has 0 heterocycles. The third kappa shape index (κ3) is 61.8. The molecule has 0 radical (unpaired) electrons. The molecule has 0 aliphatic heterocycles. The van der Waals surface area contributed by atoms with Gasteiger partial charge in [-0.05, 0) is 51.4 Å². The lowest BCUT2D eigenvalue weighted by Gasteiger charge is -2.22. The Kier molecular flexibility index (Phi) is 64.9. The van der Waals surface area contributed by atoms with Crippen molar-refractivity contribution >= 4 is 11.9 Å². The second kappa shape index (κ2) is 66.1. The van der Waals surface area contributed by atoms with Crippen LogP contribution in [0.4, 0.5) is 0 Å². The topological polar surface area (TPSA) is 95.9 Å². The Hall–Kier alpha value is -1.40. The van der Waals surface area contributed by atoms with Crippen molar-refractivity contribution in [2.45, 2.75) is 411 Å². The first kappa shape index (κ1) is 74.6. The molecular formula is C70H137NO5. The van der Waals surface area contributed by atoms with Crippen molar-refractivity contribution in [2.24, 2.45) is 0 Å². The van der Waals surface area contributed by atoms with Crippen LogP contribution in [0.5, 0.6) is 0 Å². The van der Waals surface area contributed by atoms with Crippen LogP contribution < -0.4 is 5.32 Å². The third-order valence-electron chi connectivity index (χ3n) is 16.6. The second-order valence-electron chi connectivity index (χ2n) is 24.2. The molecule has 6 heteroatoms. The van der Waals surface area contributed by atoms with Crippen LogP contribution >= 0.6 is 0 Å². The second-order valence-corrected chi connectivity index (χ2v) is 24.2. The quantitative estimate of drug-likeness (QED) is 0.0320. The summed E-state index contributed by atoms with van der Waals surface area (Å²) >= 11 is 0. The standard InChI is InChI=1S/C70H137NO5/c1-3-5-7-9-11-13-15-17-19-20-21-22-23-25-28-31-35-38-42-46-50-54-58-62-68(73)67(66-72)71-69(74)63-59-55-51-47-43-39-36-32-29-26-24-27-30-33-37-41-45-49-53-57-61-65-76-70(75)64-60-56-52-48-44-40-34-18-16-14-12-10-8-6-4-2/h26,29,67-68,72-73H,3-25,27-28,30-66H2,1-2H3,(H,71,74)/b29-26-. The molecule has 0 saturated heterocycles. The first-order valence-corrected chi connectivity index (χ1v) is 34.9. The Morgan fingerprint density at radius 1 is 0.355 bits per heavy atom. The molecule has 0 rings (SSSR count). The average molecular weight is 1070 g/mol. The highest BCUT2D eigenvalue weighted by atomic mass is 16.5. The number of aliphatic hydroxyl groups is 2. The molecule has 452 valence electrons. The lowest BCUT2D eigenvalue weighted by Crippen LogP contribution is -2.45. The molecule has 0 aromatic carbocycles. The van der Waals surface area contributed by atoms with Gasteiger partial charge < -0.3 is 20.3 Å². The number of rotatable bonds is 66. The van der Waals surface area contributed by atoms with Crippen LogP contribution in [0.1, 0.15) is 399 Å². The molecule has 0 aromatic heterocycles. The Morgan fingerprint density at radius 2 is 0.618 bits per heavy atom. The van der Waals surface area contributed by atoms with E-state index >= 15 is 0 Å². The zero-order valence-corrected chi connectivity index (χ0v) is 51.8. The van der Waals surface area contributed by atoms with E-state index in [9.17, 15) is 19.8 Å². The summed E-state index contributed by atoms with van der Waals surface area (Å²) in [7, 11) is 0. The van der Waals surface area contributed by atoms with Crippen molar-refractivity contribution in [3.63, 3.8) is 0 Å². The fourth-order valence-corrected chi connectivity index (χ4v) is 11.2. The Labute approximate surface area is 476 Å². The van der Waals surface area contributed by atoms with Crippen molar-refractivity contribution in [1.29, 1.82) is 0 Å². The van der Waals surface area contributed by atoms with Crippen LogP contribution in [0.15, 0.2) is 12.2 Å². The van der Waals surface area contributed by atoms with Gasteiger partial charge in [0.25, 0.3) is 0 Å². The molecule has 0 aliphatic carbocycles. The van der Waals surface area contributed by atoms with Crippen LogP contribution in [0.3, 0.4) is 0 Å². The van der Waals surface area contributed by atoms with E-state index in [1.807, 2.05) is 0 Å². The average Bonchev–Trinajstić information content (AvgIpc) is 3.42. The molecule has 3 N–H and O–H groups in total. The van der Waals surface area contributed by atoms with E-state index in [0.717, 1.165) is 38.5 Å². The maximum absolute atomic E-state index is 12.5. The van der Waals surface area contributed by atoms with E-state index < -0.39 is 12.1 Å². The van der Waals surface area contributed by atoms with Crippen LogP contribution in [-0.4, -0.2) is 47.4 Å². The van der Waals surface area contributed by atoms with Gasteiger partial charge in [-0.25, -0.2) is 0 Å². The highest BCUT2D eigenvalue weighted by Gasteiger charge is 2.20. The summed E-state index contributed by atoms with van der Waals surface area (Å²) in [6.07, 6.45) is 81.0. The molecule has 0 spiro atoms. The summed E-state index contributed by atoms with van der Waals surface area (Å²) in [4.78, 5) is 24.6. The minimum atomic E-state index is -0.670. The number of hydrogen-bond acceptors (Lipinski definition) is 5. The minimum absolute atomic E-state index is 0.0124. The molecule has 2 unspecified atom stereocenters. The summed E-state index contributed by atoms with van der Waals surface area (Å²) in [5, 5.41) is 23.4. The lowest BCUT2D eigenvalue weighted by atomic mass is 10.0. The van der Waals surface area contributed by atoms with Gasteiger partial charge in [-0.15, -0.1) is 0 Å². The molecule has 76 heavy (non-hydrogen) atoms. The Morgan fingerprint density at radius 3 is 0.934 bits per heavy atom. The highest BCUT2D eigenvalue weighted by Crippen LogP contribution is 2.19. The molecule has 0 aliphatic rings. The van der Waals surface area contributed by atoms with Crippen molar-refractivity contribution in [2.75, 3.05) is 13.2 Å². The molecule has 0 saturated carbocycles. The van der Waals surface area contributed by atoms with Gasteiger partial charge in [-0.3, -0.25) is 9.59 Å². The van der Waals surface area contributed by atoms with Gasteiger partial charge in [0.2, 0.25) is 5.91 Å². The molecule has 0 aromatic rings. The predicted octanol–water partition coefficient (Wildman–Crippen LogP) is 22.4. The van der Waals surface area contributed by atoms with Crippen LogP contribution in [-0.2, 0) is 14.3 Å². The van der Waals surface area contributed by atoms with Crippen molar-refractivity contribution in [1.82, 2.24) is 5.32 Å². The van der Waals surface area contributed by atoms with E-state index in [1.165, 1.54) is 327 Å². The number of unbranched alkanes of at least 4 members (excludes halogenated alkanes) is 53. The number of hydrogen-bond donors (Lipinski definition) is 3. The SMILES string of the molecule is CCCCCCCCCCCCCCCCCCCCCCCCCC(O)C(CO)NC(=O)CCCCCCCCC/C=C\CCCCCCCCCCCCOC(=O)CCCCCCCCCCCCCCCCC. The molecule has 0 fully saturated rings. The normalized spacial score (nSPS) is 12.5. The van der Waals surface area contributed by atoms with E-state index in [2.05, 4.69) is 31.3 Å². The molecule has 1 amide bonds. The molecule has 0 bridgehead atoms. The Balaban J connectivity index is 3.41. The van der Waals surface area contributed by atoms with Crippen molar-refractivity contribution in [3.8, 4) is 0 Å². The van der Waals surface area contributed by atoms with Gasteiger partial charge in [0, 0.05) is 12.8 Å². The first-order chi connectivity index (χ1) is 37.5. The summed E-state index contributed by atoms with van der Waals surface area (Å²) in [5.41, 5.74) is 0. The maximum Gasteiger partial charge on any atom is 0.305 e. The lowest BCUT2D eigenvalue weighted by molar-refractivity contribution is -0.143. The van der Waals surface area contributed by atoms with Crippen LogP contribution in [0.2, 0.25) is 0 Å². The van der Waals surface area contributed by atoms with Gasteiger partial charge in [0.05, 0.1) is 25.4 Å². The number of allylic oxidation sites excluding steroid dienone is 2. The van der Waals surface area contributed by atoms with Crippen molar-refractivity contribution in [3.05, 3.63) is 12.2 Å². The number of amides is 1. The number of carbonyl (C=O) groups is 2. The zero-order valence-electron chi connectivity index (χ0n) is 51.8. The fourth-order valence-electron chi connectivity index (χ4n) is 11.2. The van der Waals surface area contributed by atoms with E-state index in [1.54, 1.807) is 0 Å². The first-order valence-electron chi connectivity index (χ1n) is 34.9. The predicted molar refractivity (Wildman–Crippen MR) is 333 cm³/mol. The minimum Gasteiger partial charge on any atom is -0.466 e. The van der Waals surface area contributed by atoms with Gasteiger partial charge in [0.15, 0.2) is 0 Å². The highest BCUT2D eigenvalue weighted by molar-refractivity contribution is 5.76. The van der Waals surface area contributed by atoms with E-state index in [0.29, 0.717) is 25.9 Å². The Bertz CT molecular complexity index is 1140. The van der Waals surface area contributed by atoms with Gasteiger partial charge >= 0.3 is 5.97 Å². The third-order valence-corrected chi connectivity index (χ3v) is 16.6. The molecule has 6 nitrogen and oxygen atoms in total. The van der Waals surface area contributed by atoms with Gasteiger partial charge in [-0.1, -0.05) is 347 Å². The summed E-state index contributed by atoms with van der Waals surface area (Å²) in [5.74, 6) is -0.0253. The summed E-state index contributed by atoms with van der Waals surface area (Å²) in [6, 6.07) is -0.548. The van der Waals surface area contributed by atoms with Gasteiger partial charge in [0.1, 0.15) is 0 Å². The number of ether oxygens (including phenoxy) is 1. The molecule has 2 atom stereocenters. The van der Waals surface area contributed by atoms with E-state index in [-0.39, 0.29) is 18.5 Å². The number of carbonyl (C=O) groups excluding carboxylic acids is 2. The zero-order chi connectivity index (χ0) is 55.0. The monoisotopic (exact) mass is 1070 g/mol. The van der Waals surface area contributed by atoms with Crippen LogP contribution in [0.25, 0.3) is 0 Å². The number of esters is 1. The van der Waals surface area contributed by atoms with Crippen LogP contribution in [0, 0.1) is 0 Å². The molecular weight excluding hydrogens is 935 g/mol. The fraction of sp³-hybridized carbons (Fsp3) is 0.943. The van der Waals surface area contributed by atoms with Gasteiger partial charge in [-0.2, -0.15) is 0 Å². The summed E-state index contributed by atoms with van der Waals surface area (Å²) < 4.78 is 5.49.